The lowest BCUT2D eigenvalue weighted by atomic mass is 10.0. The molecule has 1 amide bonds. The maximum Gasteiger partial charge on any atom is 0.419 e. The molecule has 0 spiro atoms. The van der Waals surface area contributed by atoms with E-state index in [2.05, 4.69) is 19.9 Å². The first-order valence-electron chi connectivity index (χ1n) is 11.8. The molecule has 5 heterocycles. The number of piperidine rings is 1. The van der Waals surface area contributed by atoms with Crippen molar-refractivity contribution < 1.29 is 18.0 Å². The molecule has 0 unspecified atom stereocenters. The molecule has 1 aliphatic rings. The van der Waals surface area contributed by atoms with Crippen LogP contribution in [0.2, 0.25) is 0 Å². The van der Waals surface area contributed by atoms with Crippen LogP contribution < -0.4 is 22.3 Å². The van der Waals surface area contributed by atoms with Gasteiger partial charge in [-0.1, -0.05) is 6.07 Å². The van der Waals surface area contributed by atoms with Crippen molar-refractivity contribution in [2.45, 2.75) is 25.1 Å². The lowest BCUT2D eigenvalue weighted by molar-refractivity contribution is -0.137. The SMILES string of the molecule is Nc1cnc2ccc(-c3cnc(N)c(C(F)(F)F)c3)nc2c1N(N)C1CCN(C(=O)c2ccccn2)CC1. The molecule has 10 nitrogen and oxygen atoms in total. The van der Waals surface area contributed by atoms with Crippen LogP contribution in [-0.4, -0.2) is 49.9 Å². The third-order valence-electron chi connectivity index (χ3n) is 6.52. The topological polar surface area (TPSA) is 153 Å². The first-order chi connectivity index (χ1) is 18.1. The van der Waals surface area contributed by atoms with Gasteiger partial charge in [0.05, 0.1) is 28.7 Å². The summed E-state index contributed by atoms with van der Waals surface area (Å²) in [6.45, 7) is 0.930. The van der Waals surface area contributed by atoms with E-state index in [0.29, 0.717) is 48.3 Å². The fourth-order valence-corrected chi connectivity index (χ4v) is 4.52. The van der Waals surface area contributed by atoms with Crippen LogP contribution in [0.5, 0.6) is 0 Å². The molecule has 38 heavy (non-hydrogen) atoms. The van der Waals surface area contributed by atoms with Gasteiger partial charge in [-0.3, -0.25) is 14.8 Å². The lowest BCUT2D eigenvalue weighted by Gasteiger charge is -2.37. The summed E-state index contributed by atoms with van der Waals surface area (Å²) >= 11 is 0. The number of alkyl halides is 3. The van der Waals surface area contributed by atoms with Crippen LogP contribution in [0.4, 0.5) is 30.4 Å². The van der Waals surface area contributed by atoms with Crippen molar-refractivity contribution >= 4 is 34.1 Å². The number of rotatable bonds is 4. The number of aromatic nitrogens is 4. The van der Waals surface area contributed by atoms with Crippen LogP contribution in [0.15, 0.2) is 55.0 Å². The number of nitrogen functional groups attached to an aromatic ring is 2. The standard InChI is InChI=1S/C25H24F3N9O/c26-25(27,28)16-11-14(12-34-23(16)30)18-4-5-19-21(35-18)22(17(29)13-33-19)37(31)15-6-9-36(10-7-15)24(38)20-3-1-2-8-32-20/h1-5,8,11-13,15H,6-7,9-10,29,31H2,(H2,30,34). The van der Waals surface area contributed by atoms with Gasteiger partial charge in [0.2, 0.25) is 0 Å². The number of halogens is 3. The van der Waals surface area contributed by atoms with Crippen molar-refractivity contribution in [2.24, 2.45) is 5.84 Å². The van der Waals surface area contributed by atoms with Crippen LogP contribution in [-0.2, 0) is 6.18 Å². The number of amides is 1. The number of carbonyl (C=O) groups is 1. The van der Waals surface area contributed by atoms with E-state index in [-0.39, 0.29) is 28.9 Å². The van der Waals surface area contributed by atoms with Gasteiger partial charge >= 0.3 is 6.18 Å². The van der Waals surface area contributed by atoms with E-state index >= 15 is 0 Å². The number of hydrogen-bond acceptors (Lipinski definition) is 9. The van der Waals surface area contributed by atoms with Crippen molar-refractivity contribution in [3.63, 3.8) is 0 Å². The molecule has 0 aromatic carbocycles. The van der Waals surface area contributed by atoms with Crippen molar-refractivity contribution in [1.82, 2.24) is 24.8 Å². The summed E-state index contributed by atoms with van der Waals surface area (Å²) in [6, 6.07) is 9.10. The van der Waals surface area contributed by atoms with Crippen LogP contribution in [0.25, 0.3) is 22.3 Å². The van der Waals surface area contributed by atoms with Gasteiger partial charge in [0, 0.05) is 37.1 Å². The van der Waals surface area contributed by atoms with E-state index in [1.165, 1.54) is 17.4 Å². The minimum absolute atomic E-state index is 0.131. The van der Waals surface area contributed by atoms with Crippen molar-refractivity contribution in [3.8, 4) is 11.3 Å². The number of hydrogen-bond donors (Lipinski definition) is 3. The van der Waals surface area contributed by atoms with Crippen LogP contribution >= 0.6 is 0 Å². The van der Waals surface area contributed by atoms with E-state index in [0.717, 1.165) is 6.07 Å². The normalized spacial score (nSPS) is 14.6. The van der Waals surface area contributed by atoms with Gasteiger partial charge < -0.3 is 21.4 Å². The average Bonchev–Trinajstić information content (AvgIpc) is 2.92. The Morgan fingerprint density at radius 1 is 1.03 bits per heavy atom. The zero-order valence-corrected chi connectivity index (χ0v) is 20.1. The molecule has 1 saturated heterocycles. The zero-order chi connectivity index (χ0) is 27.0. The third kappa shape index (κ3) is 4.75. The Labute approximate surface area is 215 Å². The highest BCUT2D eigenvalue weighted by molar-refractivity contribution is 5.95. The van der Waals surface area contributed by atoms with E-state index in [4.69, 9.17) is 17.3 Å². The summed E-state index contributed by atoms with van der Waals surface area (Å²) in [6.07, 6.45) is 0.730. The van der Waals surface area contributed by atoms with Gasteiger partial charge in [-0.25, -0.2) is 15.8 Å². The summed E-state index contributed by atoms with van der Waals surface area (Å²) in [5.41, 5.74) is 12.9. The van der Waals surface area contributed by atoms with Crippen molar-refractivity contribution in [2.75, 3.05) is 29.6 Å². The monoisotopic (exact) mass is 523 g/mol. The number of fused-ring (bicyclic) bond motifs is 1. The fraction of sp³-hybridized carbons (Fsp3) is 0.240. The molecule has 5 rings (SSSR count). The van der Waals surface area contributed by atoms with E-state index in [9.17, 15) is 18.0 Å². The summed E-state index contributed by atoms with van der Waals surface area (Å²) < 4.78 is 40.1. The first-order valence-corrected chi connectivity index (χ1v) is 11.8. The molecule has 6 N–H and O–H groups in total. The van der Waals surface area contributed by atoms with Crippen molar-refractivity contribution in [3.05, 3.63) is 66.2 Å². The zero-order valence-electron chi connectivity index (χ0n) is 20.1. The smallest absolute Gasteiger partial charge is 0.396 e. The molecule has 196 valence electrons. The molecule has 1 aliphatic heterocycles. The summed E-state index contributed by atoms with van der Waals surface area (Å²) in [7, 11) is 0. The number of pyridine rings is 4. The fourth-order valence-electron chi connectivity index (χ4n) is 4.52. The summed E-state index contributed by atoms with van der Waals surface area (Å²) in [5.74, 6) is 5.79. The maximum absolute atomic E-state index is 13.4. The predicted molar refractivity (Wildman–Crippen MR) is 136 cm³/mol. The van der Waals surface area contributed by atoms with E-state index in [1.54, 1.807) is 41.4 Å². The molecule has 1 fully saturated rings. The van der Waals surface area contributed by atoms with Gasteiger partial charge in [-0.15, -0.1) is 0 Å². The van der Waals surface area contributed by atoms with Gasteiger partial charge in [-0.2, -0.15) is 13.2 Å². The lowest BCUT2D eigenvalue weighted by Crippen LogP contribution is -2.50. The van der Waals surface area contributed by atoms with Crippen LogP contribution in [0.3, 0.4) is 0 Å². The minimum Gasteiger partial charge on any atom is -0.396 e. The quantitative estimate of drug-likeness (QED) is 0.270. The Morgan fingerprint density at radius 3 is 2.47 bits per heavy atom. The number of nitrogens with zero attached hydrogens (tertiary/aromatic N) is 6. The summed E-state index contributed by atoms with van der Waals surface area (Å²) in [4.78, 5) is 31.2. The molecule has 13 heteroatoms. The molecule has 0 saturated carbocycles. The molecule has 0 atom stereocenters. The third-order valence-corrected chi connectivity index (χ3v) is 6.52. The molecule has 0 radical (unpaired) electrons. The molecular formula is C25H24F3N9O. The molecule has 0 bridgehead atoms. The second kappa shape index (κ2) is 9.74. The molecule has 0 aliphatic carbocycles. The van der Waals surface area contributed by atoms with Gasteiger partial charge in [0.1, 0.15) is 22.7 Å². The Balaban J connectivity index is 1.43. The number of nitrogens with two attached hydrogens (primary N) is 3. The second-order valence-corrected chi connectivity index (χ2v) is 8.93. The number of likely N-dealkylation sites (tertiary alicyclic amines) is 1. The number of anilines is 3. The maximum atomic E-state index is 13.4. The number of carbonyl (C=O) groups excluding carboxylic acids is 1. The minimum atomic E-state index is -4.66. The van der Waals surface area contributed by atoms with Crippen LogP contribution in [0, 0.1) is 0 Å². The van der Waals surface area contributed by atoms with Crippen LogP contribution in [0.1, 0.15) is 28.9 Å². The Hall–Kier alpha value is -4.52. The van der Waals surface area contributed by atoms with Gasteiger partial charge in [0.15, 0.2) is 0 Å². The first kappa shape index (κ1) is 25.1. The van der Waals surface area contributed by atoms with E-state index in [1.807, 2.05) is 0 Å². The average molecular weight is 524 g/mol. The molecule has 4 aromatic heterocycles. The van der Waals surface area contributed by atoms with Gasteiger partial charge in [-0.05, 0) is 43.2 Å². The Bertz CT molecular complexity index is 1490. The molecular weight excluding hydrogens is 499 g/mol. The highest BCUT2D eigenvalue weighted by atomic mass is 19.4. The van der Waals surface area contributed by atoms with E-state index < -0.39 is 17.6 Å². The van der Waals surface area contributed by atoms with Gasteiger partial charge in [0.25, 0.3) is 5.91 Å². The largest absolute Gasteiger partial charge is 0.419 e. The second-order valence-electron chi connectivity index (χ2n) is 8.93. The predicted octanol–water partition coefficient (Wildman–Crippen LogP) is 3.25. The summed E-state index contributed by atoms with van der Waals surface area (Å²) in [5, 5.41) is 1.51. The highest BCUT2D eigenvalue weighted by Gasteiger charge is 2.34. The highest BCUT2D eigenvalue weighted by Crippen LogP contribution is 2.36. The Kier molecular flexibility index (Phi) is 6.45. The Morgan fingerprint density at radius 2 is 1.79 bits per heavy atom. The van der Waals surface area contributed by atoms with Crippen molar-refractivity contribution in [1.29, 1.82) is 0 Å². The molecule has 4 aromatic rings. The number of hydrazine groups is 1.